The van der Waals surface area contributed by atoms with E-state index in [2.05, 4.69) is 27.7 Å². The van der Waals surface area contributed by atoms with Gasteiger partial charge in [-0.2, -0.15) is 0 Å². The summed E-state index contributed by atoms with van der Waals surface area (Å²) in [5, 5.41) is 0. The Morgan fingerprint density at radius 3 is 0.944 bits per heavy atom. The molecule has 0 radical (unpaired) electrons. The summed E-state index contributed by atoms with van der Waals surface area (Å²) in [4.78, 5) is 0. The van der Waals surface area contributed by atoms with Gasteiger partial charge >= 0.3 is 0 Å². The van der Waals surface area contributed by atoms with Gasteiger partial charge in [-0.05, 0) is 55.4 Å². The Hall–Kier alpha value is -0.320. The molecule has 36 heavy (non-hydrogen) atoms. The minimum atomic E-state index is -0.793. The predicted octanol–water partition coefficient (Wildman–Crippen LogP) is 4.87. The molecule has 0 aliphatic carbocycles. The minimum absolute atomic E-state index is 0.0193. The Bertz CT molecular complexity index is 716. The van der Waals surface area contributed by atoms with Crippen LogP contribution in [0.5, 0.6) is 0 Å². The lowest BCUT2D eigenvalue weighted by Gasteiger charge is -2.56. The molecule has 0 N–H and O–H groups in total. The van der Waals surface area contributed by atoms with Crippen LogP contribution in [-0.4, -0.2) is 73.0 Å². The summed E-state index contributed by atoms with van der Waals surface area (Å²) in [5.41, 5.74) is 0. The van der Waals surface area contributed by atoms with Crippen LogP contribution in [0.2, 0.25) is 0 Å². The Balaban J connectivity index is 1.63. The molecule has 10 atom stereocenters. The van der Waals surface area contributed by atoms with E-state index in [0.29, 0.717) is 13.2 Å². The second-order valence-electron chi connectivity index (χ2n) is 13.4. The van der Waals surface area contributed by atoms with E-state index in [1.807, 2.05) is 55.4 Å². The molecule has 0 aromatic carbocycles. The third-order valence-corrected chi connectivity index (χ3v) is 8.07. The van der Waals surface area contributed by atoms with Gasteiger partial charge in [0.1, 0.15) is 0 Å². The van der Waals surface area contributed by atoms with Crippen molar-refractivity contribution in [1.29, 1.82) is 0 Å². The molecule has 8 nitrogen and oxygen atoms in total. The number of hydrogen-bond acceptors (Lipinski definition) is 8. The van der Waals surface area contributed by atoms with Gasteiger partial charge in [-0.15, -0.1) is 0 Å². The van der Waals surface area contributed by atoms with E-state index in [9.17, 15) is 0 Å². The normalized spacial score (nSPS) is 48.3. The molecule has 0 aromatic heterocycles. The van der Waals surface area contributed by atoms with Crippen molar-refractivity contribution in [3.63, 3.8) is 0 Å². The first-order valence-electron chi connectivity index (χ1n) is 13.8. The van der Waals surface area contributed by atoms with Crippen LogP contribution in [-0.2, 0) is 37.9 Å². The van der Waals surface area contributed by atoms with Crippen LogP contribution >= 0.6 is 0 Å². The molecule has 4 aliphatic rings. The van der Waals surface area contributed by atoms with Crippen LogP contribution in [0.25, 0.3) is 0 Å². The largest absolute Gasteiger partial charge is 0.350 e. The monoisotopic (exact) mass is 514 g/mol. The van der Waals surface area contributed by atoms with Gasteiger partial charge in [0.25, 0.3) is 0 Å². The molecular weight excluding hydrogens is 464 g/mol. The maximum absolute atomic E-state index is 6.65. The minimum Gasteiger partial charge on any atom is -0.350 e. The first kappa shape index (κ1) is 28.7. The van der Waals surface area contributed by atoms with Gasteiger partial charge in [-0.25, -0.2) is 0 Å². The molecule has 4 saturated heterocycles. The Morgan fingerprint density at radius 1 is 0.389 bits per heavy atom. The van der Waals surface area contributed by atoms with E-state index >= 15 is 0 Å². The van der Waals surface area contributed by atoms with E-state index in [0.717, 1.165) is 0 Å². The molecule has 4 fully saturated rings. The second kappa shape index (κ2) is 9.70. The van der Waals surface area contributed by atoms with Gasteiger partial charge in [0.15, 0.2) is 23.1 Å². The number of ether oxygens (including phenoxy) is 8. The fourth-order valence-corrected chi connectivity index (χ4v) is 6.23. The third-order valence-electron chi connectivity index (χ3n) is 8.07. The average Bonchev–Trinajstić information content (AvgIpc) is 2.74. The molecule has 4 heterocycles. The van der Waals surface area contributed by atoms with Gasteiger partial charge < -0.3 is 37.9 Å². The topological polar surface area (TPSA) is 73.8 Å². The number of hydrogen-bond donors (Lipinski definition) is 0. The first-order chi connectivity index (χ1) is 16.4. The van der Waals surface area contributed by atoms with Gasteiger partial charge in [-0.3, -0.25) is 0 Å². The molecule has 4 aliphatic heterocycles. The van der Waals surface area contributed by atoms with Gasteiger partial charge in [-0.1, -0.05) is 27.7 Å². The van der Waals surface area contributed by atoms with Crippen molar-refractivity contribution in [1.82, 2.24) is 0 Å². The molecule has 0 bridgehead atoms. The lowest BCUT2D eigenvalue weighted by molar-refractivity contribution is -0.413. The highest BCUT2D eigenvalue weighted by atomic mass is 16.8. The quantitative estimate of drug-likeness (QED) is 0.528. The van der Waals surface area contributed by atoms with Crippen LogP contribution < -0.4 is 0 Å². The zero-order valence-corrected chi connectivity index (χ0v) is 24.5. The number of rotatable bonds is 3. The Kier molecular flexibility index (Phi) is 7.73. The highest BCUT2D eigenvalue weighted by Crippen LogP contribution is 2.46. The van der Waals surface area contributed by atoms with Crippen LogP contribution in [0, 0.1) is 23.7 Å². The van der Waals surface area contributed by atoms with E-state index in [1.165, 1.54) is 0 Å². The predicted molar refractivity (Wildman–Crippen MR) is 134 cm³/mol. The van der Waals surface area contributed by atoms with Crippen LogP contribution in [0.4, 0.5) is 0 Å². The standard InChI is InChI=1S/C28H50O8/c1-15-13-29-25(5,6)31-19(15)21-17(3)23(35-27(9,10)33-21)24-18(4)22(34-28(11,12)36-24)20-16(2)14-30-26(7,8)32-20/h15-24H,13-14H2,1-12H3. The molecule has 10 unspecified atom stereocenters. The summed E-state index contributed by atoms with van der Waals surface area (Å²) in [6, 6.07) is 0. The average molecular weight is 515 g/mol. The maximum atomic E-state index is 6.65. The third kappa shape index (κ3) is 5.96. The van der Waals surface area contributed by atoms with Crippen molar-refractivity contribution in [2.45, 2.75) is 143 Å². The molecule has 0 amide bonds. The highest BCUT2D eigenvalue weighted by Gasteiger charge is 2.57. The molecule has 0 spiro atoms. The summed E-state index contributed by atoms with van der Waals surface area (Å²) in [5.74, 6) is -2.48. The van der Waals surface area contributed by atoms with Crippen molar-refractivity contribution in [2.75, 3.05) is 13.2 Å². The summed E-state index contributed by atoms with van der Waals surface area (Å²) < 4.78 is 51.1. The second-order valence-corrected chi connectivity index (χ2v) is 13.4. The van der Waals surface area contributed by atoms with E-state index in [1.54, 1.807) is 0 Å². The summed E-state index contributed by atoms with van der Waals surface area (Å²) in [6.07, 6.45) is -1.02. The fourth-order valence-electron chi connectivity index (χ4n) is 6.23. The molecule has 4 rings (SSSR count). The zero-order valence-electron chi connectivity index (χ0n) is 24.5. The molecule has 0 saturated carbocycles. The first-order valence-corrected chi connectivity index (χ1v) is 13.8. The SMILES string of the molecule is CC1COC(C)(C)OC1C1OC(C)(C)OC(C2OC(C)(C)OC(C3OC(C)(C)OCC3C)C2C)C1C. The summed E-state index contributed by atoms with van der Waals surface area (Å²) >= 11 is 0. The molecule has 210 valence electrons. The van der Waals surface area contributed by atoms with Crippen molar-refractivity contribution in [2.24, 2.45) is 23.7 Å². The molecule has 8 heteroatoms. The lowest BCUT2D eigenvalue weighted by Crippen LogP contribution is -2.66. The Morgan fingerprint density at radius 2 is 0.639 bits per heavy atom. The fraction of sp³-hybridized carbons (Fsp3) is 1.00. The van der Waals surface area contributed by atoms with Gasteiger partial charge in [0.05, 0.1) is 49.8 Å². The zero-order chi connectivity index (χ0) is 26.8. The van der Waals surface area contributed by atoms with Crippen molar-refractivity contribution >= 4 is 0 Å². The van der Waals surface area contributed by atoms with E-state index < -0.39 is 23.1 Å². The van der Waals surface area contributed by atoms with Crippen LogP contribution in [0.15, 0.2) is 0 Å². The lowest BCUT2D eigenvalue weighted by atomic mass is 9.78. The van der Waals surface area contributed by atoms with Crippen LogP contribution in [0.1, 0.15) is 83.1 Å². The molecule has 0 aromatic rings. The smallest absolute Gasteiger partial charge is 0.163 e. The Labute approximate surface area is 217 Å². The maximum Gasteiger partial charge on any atom is 0.163 e. The van der Waals surface area contributed by atoms with Crippen molar-refractivity contribution in [3.8, 4) is 0 Å². The summed E-state index contributed by atoms with van der Waals surface area (Å²) in [7, 11) is 0. The van der Waals surface area contributed by atoms with E-state index in [4.69, 9.17) is 37.9 Å². The van der Waals surface area contributed by atoms with Gasteiger partial charge in [0, 0.05) is 23.7 Å². The van der Waals surface area contributed by atoms with Crippen molar-refractivity contribution in [3.05, 3.63) is 0 Å². The van der Waals surface area contributed by atoms with Gasteiger partial charge in [0.2, 0.25) is 0 Å². The highest BCUT2D eigenvalue weighted by molar-refractivity contribution is 5.00. The van der Waals surface area contributed by atoms with E-state index in [-0.39, 0.29) is 60.3 Å². The van der Waals surface area contributed by atoms with Crippen molar-refractivity contribution < 1.29 is 37.9 Å². The molecular formula is C28H50O8. The summed E-state index contributed by atoms with van der Waals surface area (Å²) in [6.45, 7) is 25.7. The van der Waals surface area contributed by atoms with Crippen LogP contribution in [0.3, 0.4) is 0 Å².